The molecule has 2 aromatic heterocycles. The number of benzene rings is 2. The zero-order valence-corrected chi connectivity index (χ0v) is 16.6. The van der Waals surface area contributed by atoms with Gasteiger partial charge in [-0.25, -0.2) is 14.2 Å². The van der Waals surface area contributed by atoms with Crippen LogP contribution in [0.15, 0.2) is 77.7 Å². The van der Waals surface area contributed by atoms with Crippen LogP contribution >= 0.6 is 0 Å². The number of para-hydroxylation sites is 1. The lowest BCUT2D eigenvalue weighted by molar-refractivity contribution is 0.262. The Morgan fingerprint density at radius 2 is 1.84 bits per heavy atom. The number of pyridine rings is 1. The molecule has 7 nitrogen and oxygen atoms in total. The van der Waals surface area contributed by atoms with Gasteiger partial charge in [0.2, 0.25) is 0 Å². The highest BCUT2D eigenvalue weighted by Gasteiger charge is 2.07. The molecule has 0 bridgehead atoms. The number of fused-ring (bicyclic) bond motifs is 1. The molecule has 0 aliphatic rings. The van der Waals surface area contributed by atoms with E-state index in [-0.39, 0.29) is 17.9 Å². The minimum atomic E-state index is -0.560. The molecule has 0 saturated heterocycles. The fraction of sp³-hybridized carbons (Fsp3) is 0.0870. The van der Waals surface area contributed by atoms with E-state index in [2.05, 4.69) is 15.6 Å². The van der Waals surface area contributed by atoms with Gasteiger partial charge in [-0.15, -0.1) is 0 Å². The standard InChI is InChI=1S/C23H19FN4O3/c1-15-10-11-28-21(12-15)25-17(13-22(28)29)14-31-18-8-6-16(7-9-18)26-23(30)27-20-5-3-2-4-19(20)24/h2-13H,14H2,1H3,(H2,26,27,30). The Balaban J connectivity index is 1.38. The summed E-state index contributed by atoms with van der Waals surface area (Å²) >= 11 is 0. The van der Waals surface area contributed by atoms with Crippen molar-refractivity contribution in [1.82, 2.24) is 9.38 Å². The zero-order chi connectivity index (χ0) is 21.8. The van der Waals surface area contributed by atoms with Crippen LogP contribution in [0, 0.1) is 12.7 Å². The molecule has 4 aromatic rings. The van der Waals surface area contributed by atoms with Crippen molar-refractivity contribution in [2.24, 2.45) is 0 Å². The first-order valence-electron chi connectivity index (χ1n) is 9.52. The fourth-order valence-electron chi connectivity index (χ4n) is 2.97. The van der Waals surface area contributed by atoms with Crippen molar-refractivity contribution >= 4 is 23.1 Å². The molecule has 8 heteroatoms. The summed E-state index contributed by atoms with van der Waals surface area (Å²) in [5, 5.41) is 5.07. The van der Waals surface area contributed by atoms with Crippen LogP contribution in [-0.2, 0) is 6.61 Å². The van der Waals surface area contributed by atoms with Crippen LogP contribution in [-0.4, -0.2) is 15.4 Å². The number of amides is 2. The van der Waals surface area contributed by atoms with Crippen molar-refractivity contribution in [2.45, 2.75) is 13.5 Å². The van der Waals surface area contributed by atoms with Gasteiger partial charge in [-0.1, -0.05) is 12.1 Å². The van der Waals surface area contributed by atoms with Crippen LogP contribution in [0.1, 0.15) is 11.3 Å². The minimum absolute atomic E-state index is 0.0916. The van der Waals surface area contributed by atoms with Crippen LogP contribution in [0.4, 0.5) is 20.6 Å². The van der Waals surface area contributed by atoms with Gasteiger partial charge in [0.15, 0.2) is 0 Å². The molecule has 4 rings (SSSR count). The Morgan fingerprint density at radius 3 is 2.61 bits per heavy atom. The summed E-state index contributed by atoms with van der Waals surface area (Å²) in [7, 11) is 0. The number of aromatic nitrogens is 2. The summed E-state index contributed by atoms with van der Waals surface area (Å²) in [4.78, 5) is 28.7. The number of nitrogens with one attached hydrogen (secondary N) is 2. The van der Waals surface area contributed by atoms with Crippen LogP contribution < -0.4 is 20.9 Å². The Morgan fingerprint density at radius 1 is 1.06 bits per heavy atom. The lowest BCUT2D eigenvalue weighted by Crippen LogP contribution is -2.20. The first kappa shape index (κ1) is 20.1. The summed E-state index contributed by atoms with van der Waals surface area (Å²) < 4.78 is 20.8. The van der Waals surface area contributed by atoms with Gasteiger partial charge in [-0.2, -0.15) is 0 Å². The number of hydrogen-bond donors (Lipinski definition) is 2. The molecule has 0 unspecified atom stereocenters. The monoisotopic (exact) mass is 418 g/mol. The number of hydrogen-bond acceptors (Lipinski definition) is 4. The molecule has 0 spiro atoms. The van der Waals surface area contributed by atoms with Gasteiger partial charge in [0.1, 0.15) is 23.8 Å². The molecule has 0 radical (unpaired) electrons. The summed E-state index contributed by atoms with van der Waals surface area (Å²) in [6.45, 7) is 2.06. The third-order valence-electron chi connectivity index (χ3n) is 4.50. The van der Waals surface area contributed by atoms with Crippen molar-refractivity contribution in [3.63, 3.8) is 0 Å². The van der Waals surface area contributed by atoms with Gasteiger partial charge in [0.25, 0.3) is 5.56 Å². The van der Waals surface area contributed by atoms with Gasteiger partial charge in [-0.3, -0.25) is 9.20 Å². The topological polar surface area (TPSA) is 84.7 Å². The van der Waals surface area contributed by atoms with E-state index < -0.39 is 11.8 Å². The number of urea groups is 1. The SMILES string of the molecule is Cc1ccn2c(=O)cc(COc3ccc(NC(=O)Nc4ccccc4F)cc3)nc2c1. The lowest BCUT2D eigenvalue weighted by atomic mass is 10.3. The van der Waals surface area contributed by atoms with E-state index in [9.17, 15) is 14.0 Å². The highest BCUT2D eigenvalue weighted by molar-refractivity contribution is 5.99. The van der Waals surface area contributed by atoms with Crippen LogP contribution in [0.3, 0.4) is 0 Å². The molecule has 156 valence electrons. The molecule has 0 fully saturated rings. The van der Waals surface area contributed by atoms with Crippen LogP contribution in [0.2, 0.25) is 0 Å². The second kappa shape index (κ2) is 8.66. The summed E-state index contributed by atoms with van der Waals surface area (Å²) in [5.41, 5.74) is 2.51. The van der Waals surface area contributed by atoms with E-state index in [0.29, 0.717) is 22.8 Å². The average Bonchev–Trinajstić information content (AvgIpc) is 2.74. The molecule has 0 aliphatic carbocycles. The second-order valence-electron chi connectivity index (χ2n) is 6.89. The first-order chi connectivity index (χ1) is 15.0. The molecule has 2 amide bonds. The number of anilines is 2. The maximum Gasteiger partial charge on any atom is 0.323 e. The number of nitrogens with zero attached hydrogens (tertiary/aromatic N) is 2. The minimum Gasteiger partial charge on any atom is -0.487 e. The second-order valence-corrected chi connectivity index (χ2v) is 6.89. The van der Waals surface area contributed by atoms with Gasteiger partial charge in [0, 0.05) is 18.0 Å². The molecule has 0 atom stereocenters. The van der Waals surface area contributed by atoms with E-state index in [1.165, 1.54) is 22.6 Å². The lowest BCUT2D eigenvalue weighted by Gasteiger charge is -2.10. The number of aryl methyl sites for hydroxylation is 1. The Bertz CT molecular complexity index is 1300. The average molecular weight is 418 g/mol. The molecular weight excluding hydrogens is 399 g/mol. The number of carbonyl (C=O) groups is 1. The third-order valence-corrected chi connectivity index (χ3v) is 4.50. The third kappa shape index (κ3) is 4.87. The van der Waals surface area contributed by atoms with E-state index in [1.54, 1.807) is 42.6 Å². The van der Waals surface area contributed by atoms with Crippen molar-refractivity contribution < 1.29 is 13.9 Å². The summed E-state index contributed by atoms with van der Waals surface area (Å²) in [5.74, 6) is 0.0322. The van der Waals surface area contributed by atoms with Crippen LogP contribution in [0.5, 0.6) is 5.75 Å². The molecule has 2 aromatic carbocycles. The predicted molar refractivity (Wildman–Crippen MR) is 116 cm³/mol. The normalized spacial score (nSPS) is 10.6. The van der Waals surface area contributed by atoms with E-state index >= 15 is 0 Å². The van der Waals surface area contributed by atoms with Crippen molar-refractivity contribution in [3.8, 4) is 5.75 Å². The smallest absolute Gasteiger partial charge is 0.323 e. The van der Waals surface area contributed by atoms with Crippen molar-refractivity contribution in [2.75, 3.05) is 10.6 Å². The van der Waals surface area contributed by atoms with E-state index in [1.807, 2.05) is 19.1 Å². The van der Waals surface area contributed by atoms with Crippen LogP contribution in [0.25, 0.3) is 5.65 Å². The number of ether oxygens (including phenoxy) is 1. The predicted octanol–water partition coefficient (Wildman–Crippen LogP) is 4.37. The first-order valence-corrected chi connectivity index (χ1v) is 9.52. The maximum absolute atomic E-state index is 13.6. The zero-order valence-electron chi connectivity index (χ0n) is 16.6. The summed E-state index contributed by atoms with van der Waals surface area (Å²) in [6.07, 6.45) is 1.69. The number of rotatable bonds is 5. The molecule has 0 saturated carbocycles. The van der Waals surface area contributed by atoms with E-state index in [0.717, 1.165) is 5.56 Å². The molecule has 2 heterocycles. The van der Waals surface area contributed by atoms with Gasteiger partial charge < -0.3 is 15.4 Å². The van der Waals surface area contributed by atoms with Gasteiger partial charge >= 0.3 is 6.03 Å². The number of carbonyl (C=O) groups excluding carboxylic acids is 1. The molecule has 0 aliphatic heterocycles. The molecular formula is C23H19FN4O3. The molecule has 31 heavy (non-hydrogen) atoms. The highest BCUT2D eigenvalue weighted by atomic mass is 19.1. The Kier molecular flexibility index (Phi) is 5.61. The maximum atomic E-state index is 13.6. The molecule has 2 N–H and O–H groups in total. The number of halogens is 1. The Labute approximate surface area is 177 Å². The van der Waals surface area contributed by atoms with Crippen molar-refractivity contribution in [1.29, 1.82) is 0 Å². The highest BCUT2D eigenvalue weighted by Crippen LogP contribution is 2.18. The quantitative estimate of drug-likeness (QED) is 0.504. The summed E-state index contributed by atoms with van der Waals surface area (Å²) in [6, 6.07) is 17.1. The van der Waals surface area contributed by atoms with Crippen molar-refractivity contribution in [3.05, 3.63) is 100 Å². The van der Waals surface area contributed by atoms with Gasteiger partial charge in [-0.05, 0) is 61.0 Å². The largest absolute Gasteiger partial charge is 0.487 e. The van der Waals surface area contributed by atoms with Gasteiger partial charge in [0.05, 0.1) is 11.4 Å². The Hall–Kier alpha value is -4.20. The van der Waals surface area contributed by atoms with E-state index in [4.69, 9.17) is 4.74 Å². The fourth-order valence-corrected chi connectivity index (χ4v) is 2.97.